The third-order valence-electron chi connectivity index (χ3n) is 2.81. The minimum atomic E-state index is -0.710. The zero-order valence-electron chi connectivity index (χ0n) is 10.9. The molecule has 1 unspecified atom stereocenters. The van der Waals surface area contributed by atoms with Crippen molar-refractivity contribution in [1.82, 2.24) is 0 Å². The van der Waals surface area contributed by atoms with Gasteiger partial charge in [-0.15, -0.1) is 0 Å². The first kappa shape index (κ1) is 15.3. The van der Waals surface area contributed by atoms with Crippen molar-refractivity contribution in [2.24, 2.45) is 0 Å². The van der Waals surface area contributed by atoms with Gasteiger partial charge in [0, 0.05) is 6.42 Å². The number of unbranched alkanes of at least 4 members (excludes halogenated alkanes) is 5. The molecule has 0 aliphatic carbocycles. The summed E-state index contributed by atoms with van der Waals surface area (Å²) in [4.78, 5) is 0. The zero-order valence-corrected chi connectivity index (χ0v) is 12.7. The summed E-state index contributed by atoms with van der Waals surface area (Å²) >= 11 is 0. The minimum Gasteiger partial charge on any atom is -0.508 e. The van der Waals surface area contributed by atoms with Gasteiger partial charge < -0.3 is 5.11 Å². The van der Waals surface area contributed by atoms with Crippen LogP contribution in [0.15, 0.2) is 24.3 Å². The molecule has 1 N–H and O–H groups in total. The van der Waals surface area contributed by atoms with Crippen LogP contribution in [0.25, 0.3) is 0 Å². The van der Waals surface area contributed by atoms with Gasteiger partial charge in [-0.1, -0.05) is 32.6 Å². The van der Waals surface area contributed by atoms with E-state index in [9.17, 15) is 9.67 Å². The molecule has 1 aromatic carbocycles. The van der Waals surface area contributed by atoms with E-state index in [0.29, 0.717) is 0 Å². The molecule has 4 heteroatoms. The highest BCUT2D eigenvalue weighted by Gasteiger charge is 2.14. The highest BCUT2D eigenvalue weighted by Crippen LogP contribution is 2.36. The molecule has 0 aliphatic heterocycles. The number of hydrogen-bond donors (Lipinski definition) is 1. The van der Waals surface area contributed by atoms with E-state index in [-0.39, 0.29) is 13.9 Å². The molecule has 0 aliphatic rings. The van der Waals surface area contributed by atoms with Gasteiger partial charge in [-0.3, -0.25) is 0 Å². The lowest BCUT2D eigenvalue weighted by Crippen LogP contribution is -1.93. The monoisotopic (exact) mass is 283 g/mol. The molecule has 0 spiro atoms. The molecule has 0 saturated carbocycles. The summed E-state index contributed by atoms with van der Waals surface area (Å²) in [5.74, 6) is 2.44. The summed E-state index contributed by atoms with van der Waals surface area (Å²) in [6.45, 7) is 2.21. The zero-order chi connectivity index (χ0) is 13.2. The molecule has 18 heavy (non-hydrogen) atoms. The average Bonchev–Trinajstić information content (AvgIpc) is 2.39. The fraction of sp³-hybridized carbons (Fsp3) is 0.500. The second kappa shape index (κ2) is 9.25. The summed E-state index contributed by atoms with van der Waals surface area (Å²) in [6.07, 6.45) is 7.36. The Kier molecular flexibility index (Phi) is 7.89. The van der Waals surface area contributed by atoms with Crippen LogP contribution in [0.5, 0.6) is 5.75 Å². The fourth-order valence-electron chi connectivity index (χ4n) is 1.75. The van der Waals surface area contributed by atoms with E-state index in [1.807, 2.05) is 12.1 Å². The molecule has 0 heterocycles. The van der Waals surface area contributed by atoms with Crippen molar-refractivity contribution in [3.8, 4) is 5.75 Å². The Morgan fingerprint density at radius 1 is 1.17 bits per heavy atom. The van der Waals surface area contributed by atoms with Gasteiger partial charge in [0.2, 0.25) is 7.23 Å². The molecule has 0 bridgehead atoms. The van der Waals surface area contributed by atoms with Crippen LogP contribution < -0.4 is 5.30 Å². The maximum atomic E-state index is 11.2. The summed E-state index contributed by atoms with van der Waals surface area (Å²) < 4.78 is 11.2. The van der Waals surface area contributed by atoms with Crippen molar-refractivity contribution in [2.75, 3.05) is 0 Å². The van der Waals surface area contributed by atoms with Crippen LogP contribution in [0.4, 0.5) is 0 Å². The molecular formula is C14H21O2P2+. The van der Waals surface area contributed by atoms with Gasteiger partial charge in [-0.25, -0.2) is 4.57 Å². The first-order chi connectivity index (χ1) is 8.77. The third-order valence-corrected chi connectivity index (χ3v) is 6.13. The van der Waals surface area contributed by atoms with E-state index in [4.69, 9.17) is 0 Å². The van der Waals surface area contributed by atoms with Crippen LogP contribution >= 0.6 is 15.4 Å². The number of aromatic hydroxyl groups is 1. The SMILES string of the molecule is CCCCCCCC=[P+](P=O)c1ccc(O)cc1. The van der Waals surface area contributed by atoms with E-state index < -0.39 is 7.23 Å². The van der Waals surface area contributed by atoms with Gasteiger partial charge in [0.15, 0.2) is 5.30 Å². The van der Waals surface area contributed by atoms with E-state index in [1.165, 1.54) is 32.1 Å². The van der Waals surface area contributed by atoms with Crippen LogP contribution in [0.3, 0.4) is 0 Å². The summed E-state index contributed by atoms with van der Waals surface area (Å²) in [5, 5.41) is 10.3. The second-order valence-corrected chi connectivity index (χ2v) is 7.84. The molecular weight excluding hydrogens is 262 g/mol. The maximum absolute atomic E-state index is 11.2. The minimum absolute atomic E-state index is 0.194. The van der Waals surface area contributed by atoms with Crippen LogP contribution in [-0.4, -0.2) is 10.9 Å². The predicted octanol–water partition coefficient (Wildman–Crippen LogP) is 4.87. The van der Waals surface area contributed by atoms with Gasteiger partial charge in [-0.05, 0) is 30.7 Å². The average molecular weight is 283 g/mol. The number of phenols is 1. The molecule has 0 saturated heterocycles. The van der Waals surface area contributed by atoms with Crippen molar-refractivity contribution >= 4 is 26.5 Å². The highest BCUT2D eigenvalue weighted by molar-refractivity contribution is 8.18. The highest BCUT2D eigenvalue weighted by atomic mass is 32.0. The van der Waals surface area contributed by atoms with Crippen molar-refractivity contribution in [3.63, 3.8) is 0 Å². The van der Waals surface area contributed by atoms with Crippen molar-refractivity contribution in [3.05, 3.63) is 24.3 Å². The lowest BCUT2D eigenvalue weighted by molar-refractivity contribution is 0.475. The molecule has 1 aromatic rings. The Balaban J connectivity index is 2.45. The summed E-state index contributed by atoms with van der Waals surface area (Å²) in [7, 11) is -0.516. The quantitative estimate of drug-likeness (QED) is 0.546. The van der Waals surface area contributed by atoms with Gasteiger partial charge in [0.25, 0.3) is 0 Å². The second-order valence-electron chi connectivity index (χ2n) is 4.33. The number of rotatable bonds is 8. The van der Waals surface area contributed by atoms with Crippen LogP contribution in [0, 0.1) is 0 Å². The largest absolute Gasteiger partial charge is 0.508 e. The van der Waals surface area contributed by atoms with Crippen LogP contribution in [-0.2, 0) is 4.57 Å². The molecule has 98 valence electrons. The molecule has 1 atom stereocenters. The Hall–Kier alpha value is -0.710. The van der Waals surface area contributed by atoms with E-state index in [2.05, 4.69) is 12.7 Å². The van der Waals surface area contributed by atoms with E-state index in [1.54, 1.807) is 12.1 Å². The number of phenolic OH excluding ortho intramolecular Hbond substituents is 1. The first-order valence-electron chi connectivity index (χ1n) is 6.52. The molecule has 1 rings (SSSR count). The molecule has 2 nitrogen and oxygen atoms in total. The van der Waals surface area contributed by atoms with Gasteiger partial charge in [0.1, 0.15) is 11.5 Å². The van der Waals surface area contributed by atoms with E-state index >= 15 is 0 Å². The predicted molar refractivity (Wildman–Crippen MR) is 81.7 cm³/mol. The van der Waals surface area contributed by atoms with Gasteiger partial charge in [0.05, 0.1) is 0 Å². The molecule has 0 fully saturated rings. The normalized spacial score (nSPS) is 11.9. The van der Waals surface area contributed by atoms with Crippen LogP contribution in [0.1, 0.15) is 45.4 Å². The van der Waals surface area contributed by atoms with Crippen LogP contribution in [0.2, 0.25) is 0 Å². The van der Waals surface area contributed by atoms with E-state index in [0.717, 1.165) is 11.7 Å². The standard InChI is InChI=1S/C14H20O2P2/c1-2-3-4-5-6-7-12-18(17-16)14-10-8-13(15)9-11-14/h8-12H,2-7H2,1H3/p+1. The molecule has 0 aromatic heterocycles. The Labute approximate surface area is 112 Å². The fourth-order valence-corrected chi connectivity index (χ4v) is 4.24. The van der Waals surface area contributed by atoms with Crippen molar-refractivity contribution in [2.45, 2.75) is 45.4 Å². The van der Waals surface area contributed by atoms with Crippen molar-refractivity contribution in [1.29, 1.82) is 0 Å². The Morgan fingerprint density at radius 3 is 2.44 bits per heavy atom. The number of benzene rings is 1. The summed E-state index contributed by atoms with van der Waals surface area (Å²) in [5.41, 5.74) is 0. The molecule has 0 radical (unpaired) electrons. The smallest absolute Gasteiger partial charge is 0.416 e. The Morgan fingerprint density at radius 2 is 1.83 bits per heavy atom. The number of hydrogen-bond acceptors (Lipinski definition) is 2. The van der Waals surface area contributed by atoms with Crippen molar-refractivity contribution < 1.29 is 9.67 Å². The molecule has 0 amide bonds. The lowest BCUT2D eigenvalue weighted by Gasteiger charge is -1.95. The first-order valence-corrected chi connectivity index (χ1v) is 9.45. The summed E-state index contributed by atoms with van der Waals surface area (Å²) in [6, 6.07) is 7.04. The Bertz CT molecular complexity index is 385. The van der Waals surface area contributed by atoms with Gasteiger partial charge >= 0.3 is 8.15 Å². The lowest BCUT2D eigenvalue weighted by atomic mass is 10.1. The maximum Gasteiger partial charge on any atom is 0.416 e. The third kappa shape index (κ3) is 5.76. The topological polar surface area (TPSA) is 37.3 Å². The van der Waals surface area contributed by atoms with Gasteiger partial charge in [-0.2, -0.15) is 0 Å².